The molecule has 8 aromatic carbocycles. The lowest BCUT2D eigenvalue weighted by molar-refractivity contribution is 1.79. The van der Waals surface area contributed by atoms with Crippen molar-refractivity contribution in [1.82, 2.24) is 0 Å². The van der Waals surface area contributed by atoms with E-state index >= 15 is 0 Å². The van der Waals surface area contributed by atoms with E-state index in [0.29, 0.717) is 0 Å². The highest BCUT2D eigenvalue weighted by Crippen LogP contribution is 2.46. The lowest BCUT2D eigenvalue weighted by Crippen LogP contribution is -1.91. The van der Waals surface area contributed by atoms with E-state index in [1.807, 2.05) is 0 Å². The Balaban J connectivity index is 1.82. The third-order valence-electron chi connectivity index (χ3n) is 7.09. The molecule has 0 fully saturated rings. The molecule has 0 nitrogen and oxygen atoms in total. The van der Waals surface area contributed by atoms with Crippen molar-refractivity contribution in [3.8, 4) is 0 Å². The zero-order valence-electron chi connectivity index (χ0n) is 16.2. The van der Waals surface area contributed by atoms with Gasteiger partial charge in [-0.1, -0.05) is 84.9 Å². The summed E-state index contributed by atoms with van der Waals surface area (Å²) in [6.07, 6.45) is 0. The van der Waals surface area contributed by atoms with Crippen LogP contribution in [0.5, 0.6) is 0 Å². The van der Waals surface area contributed by atoms with Gasteiger partial charge in [0, 0.05) is 0 Å². The zero-order valence-corrected chi connectivity index (χ0v) is 16.2. The summed E-state index contributed by atoms with van der Waals surface area (Å²) in [4.78, 5) is 0. The van der Waals surface area contributed by atoms with Crippen LogP contribution in [0.25, 0.3) is 75.4 Å². The van der Waals surface area contributed by atoms with Crippen molar-refractivity contribution >= 4 is 75.4 Å². The molecule has 0 aromatic heterocycles. The van der Waals surface area contributed by atoms with E-state index in [9.17, 15) is 0 Å². The summed E-state index contributed by atoms with van der Waals surface area (Å²) in [5, 5.41) is 19.1. The fourth-order valence-electron chi connectivity index (χ4n) is 5.89. The molecule has 0 spiro atoms. The highest BCUT2D eigenvalue weighted by Gasteiger charge is 2.18. The minimum Gasteiger partial charge on any atom is -0.0616 e. The summed E-state index contributed by atoms with van der Waals surface area (Å²) < 4.78 is 0. The van der Waals surface area contributed by atoms with E-state index < -0.39 is 0 Å². The Hall–Kier alpha value is -3.90. The molecule has 0 heteroatoms. The van der Waals surface area contributed by atoms with Gasteiger partial charge in [-0.25, -0.2) is 0 Å². The van der Waals surface area contributed by atoms with Gasteiger partial charge in [0.15, 0.2) is 0 Å². The Labute approximate surface area is 172 Å². The summed E-state index contributed by atoms with van der Waals surface area (Å²) >= 11 is 0. The van der Waals surface area contributed by atoms with Gasteiger partial charge >= 0.3 is 0 Å². The van der Waals surface area contributed by atoms with E-state index in [1.54, 1.807) is 0 Å². The summed E-state index contributed by atoms with van der Waals surface area (Å²) in [5.74, 6) is 0. The molecule has 0 aliphatic rings. The molecule has 0 amide bonds. The maximum Gasteiger partial charge on any atom is -0.00137 e. The smallest absolute Gasteiger partial charge is 0.00137 e. The Morgan fingerprint density at radius 3 is 1.77 bits per heavy atom. The third kappa shape index (κ3) is 1.62. The molecular formula is C30H16. The fraction of sp³-hybridized carbons (Fsp3) is 0. The van der Waals surface area contributed by atoms with Gasteiger partial charge in [0.1, 0.15) is 0 Å². The molecule has 0 radical (unpaired) electrons. The van der Waals surface area contributed by atoms with Crippen molar-refractivity contribution in [2.75, 3.05) is 0 Å². The summed E-state index contributed by atoms with van der Waals surface area (Å²) in [7, 11) is 0. The molecule has 136 valence electrons. The molecule has 8 aromatic rings. The molecule has 0 aliphatic heterocycles. The van der Waals surface area contributed by atoms with Gasteiger partial charge in [0.05, 0.1) is 0 Å². The largest absolute Gasteiger partial charge is 0.0616 e. The van der Waals surface area contributed by atoms with Crippen LogP contribution in [0, 0.1) is 0 Å². The van der Waals surface area contributed by atoms with Crippen LogP contribution in [0.4, 0.5) is 0 Å². The molecule has 30 heavy (non-hydrogen) atoms. The molecule has 8 rings (SSSR count). The number of benzene rings is 8. The highest BCUT2D eigenvalue weighted by atomic mass is 14.2. The molecule has 0 saturated heterocycles. The Morgan fingerprint density at radius 2 is 0.833 bits per heavy atom. The maximum atomic E-state index is 2.42. The van der Waals surface area contributed by atoms with Crippen molar-refractivity contribution in [2.45, 2.75) is 0 Å². The number of rotatable bonds is 0. The monoisotopic (exact) mass is 376 g/mol. The Morgan fingerprint density at radius 1 is 0.267 bits per heavy atom. The Bertz CT molecular complexity index is 1940. The van der Waals surface area contributed by atoms with Gasteiger partial charge < -0.3 is 0 Å². The van der Waals surface area contributed by atoms with E-state index in [1.165, 1.54) is 75.4 Å². The van der Waals surface area contributed by atoms with E-state index in [4.69, 9.17) is 0 Å². The molecular weight excluding hydrogens is 360 g/mol. The van der Waals surface area contributed by atoms with Crippen molar-refractivity contribution in [3.63, 3.8) is 0 Å². The molecule has 0 N–H and O–H groups in total. The maximum absolute atomic E-state index is 2.42. The topological polar surface area (TPSA) is 0 Å². The molecule has 0 bridgehead atoms. The van der Waals surface area contributed by atoms with Crippen molar-refractivity contribution < 1.29 is 0 Å². The second-order valence-corrected chi connectivity index (χ2v) is 8.53. The van der Waals surface area contributed by atoms with Crippen LogP contribution in [0.1, 0.15) is 0 Å². The van der Waals surface area contributed by atoms with Gasteiger partial charge in [0.25, 0.3) is 0 Å². The minimum absolute atomic E-state index is 1.31. The third-order valence-corrected chi connectivity index (χ3v) is 7.09. The van der Waals surface area contributed by atoms with Crippen molar-refractivity contribution in [2.24, 2.45) is 0 Å². The van der Waals surface area contributed by atoms with Crippen LogP contribution in [0.2, 0.25) is 0 Å². The minimum atomic E-state index is 1.31. The van der Waals surface area contributed by atoms with Crippen molar-refractivity contribution in [1.29, 1.82) is 0 Å². The normalized spacial score (nSPS) is 12.7. The van der Waals surface area contributed by atoms with E-state index in [0.717, 1.165) is 0 Å². The molecule has 0 unspecified atom stereocenters. The first kappa shape index (κ1) is 15.0. The zero-order chi connectivity index (χ0) is 19.4. The number of fused-ring (bicyclic) bond motifs is 4. The van der Waals surface area contributed by atoms with Crippen LogP contribution in [0.3, 0.4) is 0 Å². The predicted octanol–water partition coefficient (Wildman–Crippen LogP) is 8.63. The molecule has 0 atom stereocenters. The van der Waals surface area contributed by atoms with E-state index in [-0.39, 0.29) is 0 Å². The first-order chi connectivity index (χ1) is 14.9. The summed E-state index contributed by atoms with van der Waals surface area (Å²) in [6, 6.07) is 36.3. The van der Waals surface area contributed by atoms with Gasteiger partial charge in [0.2, 0.25) is 0 Å². The average Bonchev–Trinajstić information content (AvgIpc) is 2.81. The van der Waals surface area contributed by atoms with Gasteiger partial charge in [-0.2, -0.15) is 0 Å². The van der Waals surface area contributed by atoms with Gasteiger partial charge in [-0.3, -0.25) is 0 Å². The molecule has 0 aliphatic carbocycles. The first-order valence-corrected chi connectivity index (χ1v) is 10.5. The highest BCUT2D eigenvalue weighted by molar-refractivity contribution is 6.41. The van der Waals surface area contributed by atoms with Crippen LogP contribution < -0.4 is 0 Å². The lowest BCUT2D eigenvalue weighted by atomic mass is 9.84. The van der Waals surface area contributed by atoms with Crippen LogP contribution in [-0.2, 0) is 0 Å². The summed E-state index contributed by atoms with van der Waals surface area (Å²) in [6.45, 7) is 0. The van der Waals surface area contributed by atoms with Gasteiger partial charge in [-0.15, -0.1) is 0 Å². The summed E-state index contributed by atoms with van der Waals surface area (Å²) in [5.41, 5.74) is 0. The molecule has 0 heterocycles. The van der Waals surface area contributed by atoms with Crippen LogP contribution in [-0.4, -0.2) is 0 Å². The van der Waals surface area contributed by atoms with Crippen LogP contribution >= 0.6 is 0 Å². The fourth-order valence-corrected chi connectivity index (χ4v) is 5.89. The average molecular weight is 376 g/mol. The molecule has 0 saturated carbocycles. The SMILES string of the molecule is c1ccc2c(c1)cc1c3ccc4ccc5cccc6cc(c7cccc2c17)c3c4c56. The number of hydrogen-bond donors (Lipinski definition) is 0. The quantitative estimate of drug-likeness (QED) is 0.183. The lowest BCUT2D eigenvalue weighted by Gasteiger charge is -2.19. The number of hydrogen-bond acceptors (Lipinski definition) is 0. The standard InChI is InChI=1S/C30H16/c1-2-8-21-19(5-1)15-25-24-14-13-18-12-11-17-6-3-7-20-16-26(30(24)28(18)27(17)20)23-10-4-9-22(21)29(23)25/h1-16H. The second-order valence-electron chi connectivity index (χ2n) is 8.53. The van der Waals surface area contributed by atoms with Crippen molar-refractivity contribution in [3.05, 3.63) is 97.1 Å². The first-order valence-electron chi connectivity index (χ1n) is 10.5. The van der Waals surface area contributed by atoms with E-state index in [2.05, 4.69) is 97.1 Å². The van der Waals surface area contributed by atoms with Gasteiger partial charge in [-0.05, 0) is 87.5 Å². The Kier molecular flexibility index (Phi) is 2.49. The predicted molar refractivity (Wildman–Crippen MR) is 131 cm³/mol. The van der Waals surface area contributed by atoms with Crippen LogP contribution in [0.15, 0.2) is 97.1 Å². The second kappa shape index (κ2) is 4.98.